The zero-order valence-electron chi connectivity index (χ0n) is 17.3. The lowest BCUT2D eigenvalue weighted by molar-refractivity contribution is -0.111. The summed E-state index contributed by atoms with van der Waals surface area (Å²) in [6, 6.07) is 13.1. The molecular weight excluding hydrogens is 400 g/mol. The number of thiazole rings is 1. The van der Waals surface area contributed by atoms with Crippen LogP contribution in [0, 0.1) is 0 Å². The number of carbonyl (C=O) groups excluding carboxylic acids is 1. The van der Waals surface area contributed by atoms with E-state index in [0.717, 1.165) is 16.9 Å². The van der Waals surface area contributed by atoms with Crippen molar-refractivity contribution < 1.29 is 19.0 Å². The lowest BCUT2D eigenvalue weighted by atomic mass is 10.1. The normalized spacial score (nSPS) is 11.0. The number of ether oxygens (including phenoxy) is 3. The molecule has 3 rings (SSSR count). The molecule has 0 saturated carbocycles. The predicted octanol–water partition coefficient (Wildman–Crippen LogP) is 5.27. The fraction of sp³-hybridized carbons (Fsp3) is 0.217. The van der Waals surface area contributed by atoms with Gasteiger partial charge in [-0.05, 0) is 55.8 Å². The quantitative estimate of drug-likeness (QED) is 0.499. The average Bonchev–Trinajstić information content (AvgIpc) is 3.19. The summed E-state index contributed by atoms with van der Waals surface area (Å²) in [4.78, 5) is 16.8. The van der Waals surface area contributed by atoms with E-state index < -0.39 is 0 Å². The first kappa shape index (κ1) is 21.4. The molecule has 1 amide bonds. The average molecular weight is 425 g/mol. The number of hydrogen-bond acceptors (Lipinski definition) is 6. The van der Waals surface area contributed by atoms with E-state index in [0.29, 0.717) is 22.3 Å². The van der Waals surface area contributed by atoms with Crippen LogP contribution in [0.2, 0.25) is 0 Å². The number of benzene rings is 2. The fourth-order valence-electron chi connectivity index (χ4n) is 2.75. The molecule has 0 aliphatic heterocycles. The van der Waals surface area contributed by atoms with Gasteiger partial charge in [0.25, 0.3) is 0 Å². The van der Waals surface area contributed by atoms with Gasteiger partial charge >= 0.3 is 0 Å². The lowest BCUT2D eigenvalue weighted by Crippen LogP contribution is -2.07. The van der Waals surface area contributed by atoms with E-state index in [-0.39, 0.29) is 12.0 Å². The Kier molecular flexibility index (Phi) is 7.08. The van der Waals surface area contributed by atoms with E-state index in [9.17, 15) is 4.79 Å². The SMILES string of the molecule is COc1ccc(OC)c(-c2csc(NC(=O)/C=C/c3cccc(OC(C)C)c3)n2)c1. The Morgan fingerprint density at radius 1 is 1.10 bits per heavy atom. The second kappa shape index (κ2) is 9.93. The van der Waals surface area contributed by atoms with Crippen molar-refractivity contribution in [2.75, 3.05) is 19.5 Å². The van der Waals surface area contributed by atoms with Crippen LogP contribution in [-0.2, 0) is 4.79 Å². The lowest BCUT2D eigenvalue weighted by Gasteiger charge is -2.09. The molecule has 1 heterocycles. The minimum Gasteiger partial charge on any atom is -0.497 e. The minimum atomic E-state index is -0.260. The molecule has 0 fully saturated rings. The van der Waals surface area contributed by atoms with Crippen LogP contribution in [-0.4, -0.2) is 31.2 Å². The van der Waals surface area contributed by atoms with Gasteiger partial charge in [-0.25, -0.2) is 4.98 Å². The van der Waals surface area contributed by atoms with Gasteiger partial charge in [0.2, 0.25) is 5.91 Å². The van der Waals surface area contributed by atoms with Gasteiger partial charge < -0.3 is 14.2 Å². The maximum absolute atomic E-state index is 12.3. The minimum absolute atomic E-state index is 0.0924. The van der Waals surface area contributed by atoms with E-state index in [1.165, 1.54) is 17.4 Å². The van der Waals surface area contributed by atoms with Crippen LogP contribution in [0.4, 0.5) is 5.13 Å². The molecule has 0 unspecified atom stereocenters. The van der Waals surface area contributed by atoms with Gasteiger partial charge in [-0.2, -0.15) is 0 Å². The highest BCUT2D eigenvalue weighted by Crippen LogP contribution is 2.35. The molecular formula is C23H24N2O4S. The summed E-state index contributed by atoms with van der Waals surface area (Å²) in [5, 5.41) is 5.16. The van der Waals surface area contributed by atoms with Crippen LogP contribution in [0.1, 0.15) is 19.4 Å². The number of rotatable bonds is 8. The molecule has 1 aromatic heterocycles. The largest absolute Gasteiger partial charge is 0.497 e. The molecule has 2 aromatic carbocycles. The Morgan fingerprint density at radius 2 is 1.93 bits per heavy atom. The second-order valence-electron chi connectivity index (χ2n) is 6.67. The highest BCUT2D eigenvalue weighted by Gasteiger charge is 2.12. The van der Waals surface area contributed by atoms with E-state index in [1.807, 2.05) is 61.7 Å². The summed E-state index contributed by atoms with van der Waals surface area (Å²) in [7, 11) is 3.21. The predicted molar refractivity (Wildman–Crippen MR) is 121 cm³/mol. The highest BCUT2D eigenvalue weighted by molar-refractivity contribution is 7.14. The smallest absolute Gasteiger partial charge is 0.250 e. The number of hydrogen-bond donors (Lipinski definition) is 1. The van der Waals surface area contributed by atoms with Gasteiger partial charge in [-0.3, -0.25) is 10.1 Å². The molecule has 0 aliphatic rings. The van der Waals surface area contributed by atoms with E-state index in [2.05, 4.69) is 10.3 Å². The standard InChI is InChI=1S/C23H24N2O4S/c1-15(2)29-18-7-5-6-16(12-18)8-11-22(26)25-23-24-20(14-30-23)19-13-17(27-3)9-10-21(19)28-4/h5-15H,1-4H3,(H,24,25,26)/b11-8+. The van der Waals surface area contributed by atoms with E-state index >= 15 is 0 Å². The molecule has 6 nitrogen and oxygen atoms in total. The van der Waals surface area contributed by atoms with Crippen molar-refractivity contribution in [3.8, 4) is 28.5 Å². The van der Waals surface area contributed by atoms with Gasteiger partial charge in [0.15, 0.2) is 5.13 Å². The van der Waals surface area contributed by atoms with E-state index in [4.69, 9.17) is 14.2 Å². The topological polar surface area (TPSA) is 69.7 Å². The first-order valence-electron chi connectivity index (χ1n) is 9.42. The Balaban J connectivity index is 1.69. The summed E-state index contributed by atoms with van der Waals surface area (Å²) in [6.45, 7) is 3.94. The summed E-state index contributed by atoms with van der Waals surface area (Å²) in [5.74, 6) is 1.89. The Labute approximate surface area is 180 Å². The van der Waals surface area contributed by atoms with Crippen molar-refractivity contribution >= 4 is 28.5 Å². The Bertz CT molecular complexity index is 1040. The second-order valence-corrected chi connectivity index (χ2v) is 7.52. The number of aromatic nitrogens is 1. The van der Waals surface area contributed by atoms with Gasteiger partial charge in [-0.1, -0.05) is 12.1 Å². The molecule has 0 radical (unpaired) electrons. The van der Waals surface area contributed by atoms with Crippen LogP contribution in [0.3, 0.4) is 0 Å². The number of nitrogens with zero attached hydrogens (tertiary/aromatic N) is 1. The molecule has 30 heavy (non-hydrogen) atoms. The van der Waals surface area contributed by atoms with Crippen molar-refractivity contribution in [3.63, 3.8) is 0 Å². The summed E-state index contributed by atoms with van der Waals surface area (Å²) < 4.78 is 16.4. The first-order chi connectivity index (χ1) is 14.5. The molecule has 156 valence electrons. The molecule has 0 aliphatic carbocycles. The first-order valence-corrected chi connectivity index (χ1v) is 10.3. The number of anilines is 1. The van der Waals surface area contributed by atoms with Gasteiger partial charge in [0, 0.05) is 17.0 Å². The molecule has 3 aromatic rings. The van der Waals surface area contributed by atoms with Crippen molar-refractivity contribution in [1.29, 1.82) is 0 Å². The third kappa shape index (κ3) is 5.61. The molecule has 0 saturated heterocycles. The monoisotopic (exact) mass is 424 g/mol. The maximum Gasteiger partial charge on any atom is 0.250 e. The van der Waals surface area contributed by atoms with Gasteiger partial charge in [0.05, 0.1) is 26.0 Å². The zero-order chi connectivity index (χ0) is 21.5. The molecule has 0 bridgehead atoms. The molecule has 7 heteroatoms. The van der Waals surface area contributed by atoms with Crippen LogP contribution in [0.15, 0.2) is 53.9 Å². The van der Waals surface area contributed by atoms with Crippen molar-refractivity contribution in [2.45, 2.75) is 20.0 Å². The molecule has 0 spiro atoms. The van der Waals surface area contributed by atoms with Crippen LogP contribution >= 0.6 is 11.3 Å². The Morgan fingerprint density at radius 3 is 2.67 bits per heavy atom. The van der Waals surface area contributed by atoms with Crippen molar-refractivity contribution in [2.24, 2.45) is 0 Å². The summed E-state index contributed by atoms with van der Waals surface area (Å²) in [5.41, 5.74) is 2.38. The van der Waals surface area contributed by atoms with Crippen molar-refractivity contribution in [3.05, 3.63) is 59.5 Å². The number of nitrogens with one attached hydrogen (secondary N) is 1. The third-order valence-electron chi connectivity index (χ3n) is 4.07. The number of amides is 1. The molecule has 0 atom stereocenters. The summed E-state index contributed by atoms with van der Waals surface area (Å²) in [6.07, 6.45) is 3.30. The van der Waals surface area contributed by atoms with Crippen LogP contribution in [0.25, 0.3) is 17.3 Å². The van der Waals surface area contributed by atoms with E-state index in [1.54, 1.807) is 20.3 Å². The number of methoxy groups -OCH3 is 2. The van der Waals surface area contributed by atoms with Gasteiger partial charge in [0.1, 0.15) is 17.2 Å². The van der Waals surface area contributed by atoms with Crippen LogP contribution in [0.5, 0.6) is 17.2 Å². The van der Waals surface area contributed by atoms with Crippen LogP contribution < -0.4 is 19.5 Å². The number of carbonyl (C=O) groups is 1. The molecule has 1 N–H and O–H groups in total. The third-order valence-corrected chi connectivity index (χ3v) is 4.83. The van der Waals surface area contributed by atoms with Gasteiger partial charge in [-0.15, -0.1) is 11.3 Å². The Hall–Kier alpha value is -3.32. The fourth-order valence-corrected chi connectivity index (χ4v) is 3.47. The zero-order valence-corrected chi connectivity index (χ0v) is 18.2. The highest BCUT2D eigenvalue weighted by atomic mass is 32.1. The van der Waals surface area contributed by atoms with Crippen molar-refractivity contribution in [1.82, 2.24) is 4.98 Å². The summed E-state index contributed by atoms with van der Waals surface area (Å²) >= 11 is 1.34. The maximum atomic E-state index is 12.3.